The van der Waals surface area contributed by atoms with Crippen molar-refractivity contribution in [1.82, 2.24) is 15.6 Å². The standard InChI is InChI=1S/C15H12FNO4.C10H13N3O2/c1-21-11-7-6-10(18)12(13(11)16)14(19)8-2-4-9(5-3-8)15(17)20;14-9-5-7(1-4-12-9)10(15)13-8-2-3-11-6-8/h2-7,18H,1H3,(H2,17,20);1,4-5,8,11H,2-3,6H2,(H,12,14)(H,13,15). The van der Waals surface area contributed by atoms with Crippen LogP contribution >= 0.6 is 0 Å². The van der Waals surface area contributed by atoms with Crippen molar-refractivity contribution in [2.75, 3.05) is 20.2 Å². The molecule has 1 atom stereocenters. The third kappa shape index (κ3) is 6.33. The van der Waals surface area contributed by atoms with Gasteiger partial charge < -0.3 is 31.2 Å². The Balaban J connectivity index is 0.000000212. The summed E-state index contributed by atoms with van der Waals surface area (Å²) in [5.41, 5.74) is 5.10. The van der Waals surface area contributed by atoms with Gasteiger partial charge in [0.2, 0.25) is 11.5 Å². The van der Waals surface area contributed by atoms with E-state index in [1.54, 1.807) is 6.07 Å². The Bertz CT molecular complexity index is 1320. The number of aromatic amines is 1. The Morgan fingerprint density at radius 2 is 1.78 bits per heavy atom. The van der Waals surface area contributed by atoms with Gasteiger partial charge in [0.1, 0.15) is 11.3 Å². The molecular formula is C25H25FN4O6. The molecule has 3 aromatic rings. The maximum absolute atomic E-state index is 14.1. The van der Waals surface area contributed by atoms with Crippen molar-refractivity contribution in [2.24, 2.45) is 5.73 Å². The first-order chi connectivity index (χ1) is 17.2. The number of H-pyrrole nitrogens is 1. The molecule has 1 aliphatic heterocycles. The second-order valence-electron chi connectivity index (χ2n) is 7.85. The van der Waals surface area contributed by atoms with E-state index in [4.69, 9.17) is 10.5 Å². The van der Waals surface area contributed by atoms with Gasteiger partial charge >= 0.3 is 0 Å². The number of phenols is 1. The lowest BCUT2D eigenvalue weighted by molar-refractivity contribution is 0.0938. The SMILES string of the molecule is COc1ccc(O)c(C(=O)c2ccc(C(N)=O)cc2)c1F.O=C(NC1CCNC1)c1cc[nH]c(=O)c1. The molecule has 2 heterocycles. The third-order valence-corrected chi connectivity index (χ3v) is 5.40. The van der Waals surface area contributed by atoms with E-state index in [1.807, 2.05) is 0 Å². The van der Waals surface area contributed by atoms with Crippen LogP contribution in [0.5, 0.6) is 11.5 Å². The zero-order valence-corrected chi connectivity index (χ0v) is 19.3. The number of hydrogen-bond donors (Lipinski definition) is 5. The number of rotatable bonds is 6. The van der Waals surface area contributed by atoms with Gasteiger partial charge in [0, 0.05) is 41.5 Å². The summed E-state index contributed by atoms with van der Waals surface area (Å²) in [6.07, 6.45) is 2.42. The molecule has 4 rings (SSSR count). The van der Waals surface area contributed by atoms with E-state index >= 15 is 0 Å². The second kappa shape index (κ2) is 11.8. The molecule has 0 bridgehead atoms. The van der Waals surface area contributed by atoms with Gasteiger partial charge in [-0.25, -0.2) is 4.39 Å². The number of primary amides is 1. The third-order valence-electron chi connectivity index (χ3n) is 5.40. The predicted molar refractivity (Wildman–Crippen MR) is 129 cm³/mol. The average molecular weight is 496 g/mol. The molecule has 1 aliphatic rings. The number of halogens is 1. The number of ether oxygens (including phenoxy) is 1. The summed E-state index contributed by atoms with van der Waals surface area (Å²) >= 11 is 0. The number of aromatic hydroxyl groups is 1. The Morgan fingerprint density at radius 3 is 2.36 bits per heavy atom. The minimum atomic E-state index is -0.943. The molecular weight excluding hydrogens is 471 g/mol. The molecule has 0 saturated carbocycles. The van der Waals surface area contributed by atoms with Crippen molar-refractivity contribution in [2.45, 2.75) is 12.5 Å². The minimum absolute atomic E-state index is 0.113. The predicted octanol–water partition coefficient (Wildman–Crippen LogP) is 1.34. The number of ketones is 1. The normalized spacial score (nSPS) is 14.3. The summed E-state index contributed by atoms with van der Waals surface area (Å²) in [5.74, 6) is -3.12. The first-order valence-corrected chi connectivity index (χ1v) is 10.9. The van der Waals surface area contributed by atoms with E-state index in [1.165, 1.54) is 55.8 Å². The first kappa shape index (κ1) is 26.1. The molecule has 10 nitrogen and oxygen atoms in total. The van der Waals surface area contributed by atoms with Gasteiger partial charge in [0.15, 0.2) is 17.3 Å². The molecule has 1 fully saturated rings. The monoisotopic (exact) mass is 496 g/mol. The molecule has 1 unspecified atom stereocenters. The number of amides is 2. The largest absolute Gasteiger partial charge is 0.507 e. The Morgan fingerprint density at radius 1 is 1.08 bits per heavy atom. The van der Waals surface area contributed by atoms with Gasteiger partial charge in [0.25, 0.3) is 5.91 Å². The summed E-state index contributed by atoms with van der Waals surface area (Å²) in [6.45, 7) is 1.73. The van der Waals surface area contributed by atoms with E-state index < -0.39 is 28.8 Å². The van der Waals surface area contributed by atoms with Gasteiger partial charge in [0.05, 0.1) is 7.11 Å². The Kier molecular flexibility index (Phi) is 8.52. The van der Waals surface area contributed by atoms with Crippen LogP contribution in [0.3, 0.4) is 0 Å². The van der Waals surface area contributed by atoms with Gasteiger partial charge in [-0.2, -0.15) is 0 Å². The van der Waals surface area contributed by atoms with Gasteiger partial charge in [-0.15, -0.1) is 0 Å². The van der Waals surface area contributed by atoms with Gasteiger partial charge in [-0.1, -0.05) is 12.1 Å². The number of carbonyl (C=O) groups excluding carboxylic acids is 3. The van der Waals surface area contributed by atoms with Crippen LogP contribution < -0.4 is 26.7 Å². The van der Waals surface area contributed by atoms with Crippen molar-refractivity contribution in [1.29, 1.82) is 0 Å². The van der Waals surface area contributed by atoms with Crippen molar-refractivity contribution in [3.63, 3.8) is 0 Å². The highest BCUT2D eigenvalue weighted by Crippen LogP contribution is 2.30. The lowest BCUT2D eigenvalue weighted by Crippen LogP contribution is -2.36. The zero-order valence-electron chi connectivity index (χ0n) is 19.3. The van der Waals surface area contributed by atoms with E-state index in [9.17, 15) is 28.7 Å². The average Bonchev–Trinajstić information content (AvgIpc) is 3.37. The molecule has 6 N–H and O–H groups in total. The number of methoxy groups -OCH3 is 1. The quantitative estimate of drug-likeness (QED) is 0.321. The molecule has 188 valence electrons. The second-order valence-corrected chi connectivity index (χ2v) is 7.85. The van der Waals surface area contributed by atoms with Crippen molar-refractivity contribution in [3.05, 3.63) is 93.2 Å². The van der Waals surface area contributed by atoms with Crippen molar-refractivity contribution in [3.8, 4) is 11.5 Å². The van der Waals surface area contributed by atoms with Crippen LogP contribution in [-0.2, 0) is 0 Å². The maximum Gasteiger partial charge on any atom is 0.251 e. The first-order valence-electron chi connectivity index (χ1n) is 10.9. The highest BCUT2D eigenvalue weighted by Gasteiger charge is 2.22. The zero-order chi connectivity index (χ0) is 26.2. The van der Waals surface area contributed by atoms with E-state index in [2.05, 4.69) is 15.6 Å². The molecule has 0 aliphatic carbocycles. The molecule has 0 radical (unpaired) electrons. The topological polar surface area (TPSA) is 164 Å². The minimum Gasteiger partial charge on any atom is -0.507 e. The van der Waals surface area contributed by atoms with Crippen LogP contribution in [0.2, 0.25) is 0 Å². The van der Waals surface area contributed by atoms with Crippen LogP contribution in [0.4, 0.5) is 4.39 Å². The van der Waals surface area contributed by atoms with E-state index in [0.29, 0.717) is 5.56 Å². The summed E-state index contributed by atoms with van der Waals surface area (Å²) in [4.78, 5) is 48.3. The fourth-order valence-corrected chi connectivity index (χ4v) is 3.48. The number of hydrogen-bond acceptors (Lipinski definition) is 7. The van der Waals surface area contributed by atoms with Gasteiger partial charge in [-0.3, -0.25) is 19.2 Å². The van der Waals surface area contributed by atoms with Crippen LogP contribution in [-0.4, -0.2) is 53.9 Å². The molecule has 36 heavy (non-hydrogen) atoms. The fraction of sp³-hybridized carbons (Fsp3) is 0.200. The number of nitrogens with one attached hydrogen (secondary N) is 3. The van der Waals surface area contributed by atoms with Crippen molar-refractivity contribution < 1.29 is 28.6 Å². The maximum atomic E-state index is 14.1. The number of aromatic nitrogens is 1. The lowest BCUT2D eigenvalue weighted by atomic mass is 10.00. The molecule has 1 saturated heterocycles. The summed E-state index contributed by atoms with van der Waals surface area (Å²) in [7, 11) is 1.26. The van der Waals surface area contributed by atoms with Crippen LogP contribution in [0.15, 0.2) is 59.5 Å². The molecule has 2 aromatic carbocycles. The molecule has 0 spiro atoms. The van der Waals surface area contributed by atoms with Crippen LogP contribution in [0.25, 0.3) is 0 Å². The summed E-state index contributed by atoms with van der Waals surface area (Å²) in [6, 6.07) is 10.8. The van der Waals surface area contributed by atoms with Crippen LogP contribution in [0.1, 0.15) is 43.1 Å². The summed E-state index contributed by atoms with van der Waals surface area (Å²) < 4.78 is 18.9. The highest BCUT2D eigenvalue weighted by molar-refractivity contribution is 6.11. The van der Waals surface area contributed by atoms with Crippen molar-refractivity contribution >= 4 is 17.6 Å². The smallest absolute Gasteiger partial charge is 0.251 e. The number of phenolic OH excluding ortho intramolecular Hbond substituents is 1. The van der Waals surface area contributed by atoms with Gasteiger partial charge in [-0.05, 0) is 43.3 Å². The molecule has 11 heteroatoms. The lowest BCUT2D eigenvalue weighted by Gasteiger charge is -2.10. The van der Waals surface area contributed by atoms with E-state index in [-0.39, 0.29) is 34.4 Å². The van der Waals surface area contributed by atoms with E-state index in [0.717, 1.165) is 19.5 Å². The fourth-order valence-electron chi connectivity index (χ4n) is 3.48. The molecule has 2 amide bonds. The highest BCUT2D eigenvalue weighted by atomic mass is 19.1. The molecule has 1 aromatic heterocycles. The Labute approximate surface area is 205 Å². The number of carbonyl (C=O) groups is 3. The number of benzene rings is 2. The number of nitrogens with two attached hydrogens (primary N) is 1. The summed E-state index contributed by atoms with van der Waals surface area (Å²) in [5, 5.41) is 15.7. The number of pyridine rings is 1. The Hall–Kier alpha value is -4.51. The van der Waals surface area contributed by atoms with Crippen LogP contribution in [0, 0.1) is 5.82 Å².